The van der Waals surface area contributed by atoms with Crippen LogP contribution in [0.2, 0.25) is 0 Å². The van der Waals surface area contributed by atoms with Gasteiger partial charge in [-0.1, -0.05) is 13.8 Å². The Bertz CT molecular complexity index is 452. The van der Waals surface area contributed by atoms with Gasteiger partial charge < -0.3 is 15.0 Å². The van der Waals surface area contributed by atoms with Crippen molar-refractivity contribution < 1.29 is 4.74 Å². The summed E-state index contributed by atoms with van der Waals surface area (Å²) in [7, 11) is 0. The molecule has 0 bridgehead atoms. The Morgan fingerprint density at radius 3 is 2.90 bits per heavy atom. The number of aromatic nitrogens is 2. The summed E-state index contributed by atoms with van der Waals surface area (Å²) in [4.78, 5) is 11.6. The van der Waals surface area contributed by atoms with E-state index in [1.165, 1.54) is 5.56 Å². The van der Waals surface area contributed by atoms with Gasteiger partial charge in [0.15, 0.2) is 0 Å². The number of hydrogen-bond donors (Lipinski definition) is 1. The SMILES string of the molecule is CCCNCc1cnc(N2CC(C)OCC2CC)nc1C. The minimum Gasteiger partial charge on any atom is -0.375 e. The van der Waals surface area contributed by atoms with Gasteiger partial charge in [-0.25, -0.2) is 9.97 Å². The second kappa shape index (κ2) is 7.71. The van der Waals surface area contributed by atoms with Gasteiger partial charge in [0.05, 0.1) is 18.8 Å². The smallest absolute Gasteiger partial charge is 0.225 e. The number of aryl methyl sites for hydroxylation is 1. The van der Waals surface area contributed by atoms with E-state index in [-0.39, 0.29) is 6.10 Å². The summed E-state index contributed by atoms with van der Waals surface area (Å²) >= 11 is 0. The molecular weight excluding hydrogens is 264 g/mol. The van der Waals surface area contributed by atoms with Gasteiger partial charge in [-0.05, 0) is 33.2 Å². The predicted molar refractivity (Wildman–Crippen MR) is 85.6 cm³/mol. The second-order valence-corrected chi connectivity index (χ2v) is 5.82. The summed E-state index contributed by atoms with van der Waals surface area (Å²) in [5, 5.41) is 3.40. The van der Waals surface area contributed by atoms with Gasteiger partial charge in [-0.2, -0.15) is 0 Å². The summed E-state index contributed by atoms with van der Waals surface area (Å²) in [5.41, 5.74) is 2.25. The molecule has 0 saturated carbocycles. The molecule has 1 fully saturated rings. The third kappa shape index (κ3) is 4.14. The maximum Gasteiger partial charge on any atom is 0.225 e. The van der Waals surface area contributed by atoms with Crippen LogP contribution >= 0.6 is 0 Å². The van der Waals surface area contributed by atoms with Crippen molar-refractivity contribution in [3.05, 3.63) is 17.5 Å². The number of rotatable bonds is 6. The molecule has 5 nitrogen and oxygen atoms in total. The Balaban J connectivity index is 2.10. The predicted octanol–water partition coefficient (Wildman–Crippen LogP) is 2.29. The van der Waals surface area contributed by atoms with Gasteiger partial charge in [0.25, 0.3) is 0 Å². The lowest BCUT2D eigenvalue weighted by molar-refractivity contribution is 0.0292. The number of hydrogen-bond acceptors (Lipinski definition) is 5. The fraction of sp³-hybridized carbons (Fsp3) is 0.750. The van der Waals surface area contributed by atoms with Crippen LogP contribution < -0.4 is 10.2 Å². The van der Waals surface area contributed by atoms with Crippen molar-refractivity contribution in [1.82, 2.24) is 15.3 Å². The summed E-state index contributed by atoms with van der Waals surface area (Å²) in [5.74, 6) is 0.841. The molecule has 1 aromatic heterocycles. The van der Waals surface area contributed by atoms with E-state index >= 15 is 0 Å². The third-order valence-electron chi connectivity index (χ3n) is 4.01. The molecule has 0 radical (unpaired) electrons. The second-order valence-electron chi connectivity index (χ2n) is 5.82. The first-order valence-corrected chi connectivity index (χ1v) is 8.07. The maximum atomic E-state index is 5.75. The van der Waals surface area contributed by atoms with Crippen molar-refractivity contribution >= 4 is 5.95 Å². The quantitative estimate of drug-likeness (QED) is 0.815. The van der Waals surface area contributed by atoms with Crippen molar-refractivity contribution in [2.24, 2.45) is 0 Å². The van der Waals surface area contributed by atoms with Crippen molar-refractivity contribution in [2.75, 3.05) is 24.6 Å². The van der Waals surface area contributed by atoms with E-state index in [2.05, 4.69) is 42.9 Å². The van der Waals surface area contributed by atoms with E-state index in [9.17, 15) is 0 Å². The fourth-order valence-corrected chi connectivity index (χ4v) is 2.62. The molecule has 1 saturated heterocycles. The highest BCUT2D eigenvalue weighted by Crippen LogP contribution is 2.20. The number of nitrogens with zero attached hydrogens (tertiary/aromatic N) is 3. The van der Waals surface area contributed by atoms with Crippen LogP contribution in [0.5, 0.6) is 0 Å². The van der Waals surface area contributed by atoms with Gasteiger partial charge in [0.1, 0.15) is 0 Å². The zero-order valence-corrected chi connectivity index (χ0v) is 13.7. The molecule has 21 heavy (non-hydrogen) atoms. The number of nitrogens with one attached hydrogen (secondary N) is 1. The number of morpholine rings is 1. The minimum atomic E-state index is 0.239. The van der Waals surface area contributed by atoms with Crippen LogP contribution in [-0.4, -0.2) is 41.8 Å². The van der Waals surface area contributed by atoms with E-state index in [1.54, 1.807) is 0 Å². The Morgan fingerprint density at radius 1 is 1.43 bits per heavy atom. The monoisotopic (exact) mass is 292 g/mol. The Morgan fingerprint density at radius 2 is 2.24 bits per heavy atom. The summed E-state index contributed by atoms with van der Waals surface area (Å²) in [6.45, 7) is 12.0. The van der Waals surface area contributed by atoms with Crippen LogP contribution in [0.15, 0.2) is 6.20 Å². The average Bonchev–Trinajstić information content (AvgIpc) is 2.49. The number of ether oxygens (including phenoxy) is 1. The third-order valence-corrected chi connectivity index (χ3v) is 4.01. The van der Waals surface area contributed by atoms with Crippen molar-refractivity contribution in [3.63, 3.8) is 0 Å². The van der Waals surface area contributed by atoms with Gasteiger partial charge in [0.2, 0.25) is 5.95 Å². The molecule has 0 amide bonds. The first-order valence-electron chi connectivity index (χ1n) is 8.07. The van der Waals surface area contributed by atoms with Crippen LogP contribution in [0.3, 0.4) is 0 Å². The zero-order chi connectivity index (χ0) is 15.2. The Labute approximate surface area is 128 Å². The standard InChI is InChI=1S/C16H28N4O/c1-5-7-17-8-14-9-18-16(19-13(14)4)20-10-12(3)21-11-15(20)6-2/h9,12,15,17H,5-8,10-11H2,1-4H3. The molecule has 1 aliphatic rings. The lowest BCUT2D eigenvalue weighted by Crippen LogP contribution is -2.49. The van der Waals surface area contributed by atoms with Gasteiger partial charge in [-0.3, -0.25) is 0 Å². The van der Waals surface area contributed by atoms with Crippen LogP contribution in [-0.2, 0) is 11.3 Å². The van der Waals surface area contributed by atoms with Crippen LogP contribution in [0, 0.1) is 6.92 Å². The lowest BCUT2D eigenvalue weighted by Gasteiger charge is -2.38. The molecule has 1 N–H and O–H groups in total. The van der Waals surface area contributed by atoms with E-state index < -0.39 is 0 Å². The molecule has 2 atom stereocenters. The van der Waals surface area contributed by atoms with E-state index in [4.69, 9.17) is 9.72 Å². The largest absolute Gasteiger partial charge is 0.375 e. The van der Waals surface area contributed by atoms with Crippen LogP contribution in [0.1, 0.15) is 44.9 Å². The van der Waals surface area contributed by atoms with Gasteiger partial charge >= 0.3 is 0 Å². The topological polar surface area (TPSA) is 50.3 Å². The summed E-state index contributed by atoms with van der Waals surface area (Å²) in [6, 6.07) is 0.379. The van der Waals surface area contributed by atoms with Crippen molar-refractivity contribution in [1.29, 1.82) is 0 Å². The first-order chi connectivity index (χ1) is 10.2. The maximum absolute atomic E-state index is 5.75. The molecule has 2 rings (SSSR count). The molecule has 1 aromatic rings. The molecular formula is C16H28N4O. The molecule has 118 valence electrons. The lowest BCUT2D eigenvalue weighted by atomic mass is 10.1. The van der Waals surface area contributed by atoms with Gasteiger partial charge in [-0.15, -0.1) is 0 Å². The molecule has 0 spiro atoms. The molecule has 0 aliphatic carbocycles. The molecule has 5 heteroatoms. The summed E-state index contributed by atoms with van der Waals surface area (Å²) < 4.78 is 5.75. The Hall–Kier alpha value is -1.20. The highest BCUT2D eigenvalue weighted by molar-refractivity contribution is 5.35. The van der Waals surface area contributed by atoms with Crippen molar-refractivity contribution in [3.8, 4) is 0 Å². The Kier molecular flexibility index (Phi) is 5.94. The van der Waals surface area contributed by atoms with Gasteiger partial charge in [0, 0.05) is 30.5 Å². The van der Waals surface area contributed by atoms with E-state index in [1.807, 2.05) is 6.20 Å². The highest BCUT2D eigenvalue weighted by Gasteiger charge is 2.27. The normalized spacial score (nSPS) is 22.6. The molecule has 2 unspecified atom stereocenters. The summed E-state index contributed by atoms with van der Waals surface area (Å²) in [6.07, 6.45) is 4.40. The first kappa shape index (κ1) is 16.2. The molecule has 2 heterocycles. The number of anilines is 1. The highest BCUT2D eigenvalue weighted by atomic mass is 16.5. The average molecular weight is 292 g/mol. The molecule has 1 aliphatic heterocycles. The van der Waals surface area contributed by atoms with E-state index in [0.29, 0.717) is 6.04 Å². The van der Waals surface area contributed by atoms with Crippen LogP contribution in [0.25, 0.3) is 0 Å². The van der Waals surface area contributed by atoms with Crippen LogP contribution in [0.4, 0.5) is 5.95 Å². The van der Waals surface area contributed by atoms with E-state index in [0.717, 1.165) is 50.7 Å². The molecule has 0 aromatic carbocycles. The fourth-order valence-electron chi connectivity index (χ4n) is 2.62. The van der Waals surface area contributed by atoms with Crippen molar-refractivity contribution in [2.45, 2.75) is 59.2 Å². The zero-order valence-electron chi connectivity index (χ0n) is 13.7. The minimum absolute atomic E-state index is 0.239.